The number of rotatable bonds is 7. The Hall–Kier alpha value is -4.64. The van der Waals surface area contributed by atoms with Crippen LogP contribution in [-0.2, 0) is 6.61 Å². The highest BCUT2D eigenvalue weighted by Crippen LogP contribution is 2.37. The van der Waals surface area contributed by atoms with Gasteiger partial charge < -0.3 is 9.84 Å². The van der Waals surface area contributed by atoms with Gasteiger partial charge >= 0.3 is 0 Å². The Morgan fingerprint density at radius 3 is 2.08 bits per heavy atom. The van der Waals surface area contributed by atoms with Crippen molar-refractivity contribution in [3.63, 3.8) is 0 Å². The molecule has 0 aliphatic rings. The number of nitrogens with one attached hydrogen (secondary N) is 1. The number of hydrogen-bond donors (Lipinski definition) is 2. The van der Waals surface area contributed by atoms with E-state index in [1.165, 1.54) is 6.07 Å². The van der Waals surface area contributed by atoms with Gasteiger partial charge in [0, 0.05) is 11.1 Å². The first-order chi connectivity index (χ1) is 17.5. The summed E-state index contributed by atoms with van der Waals surface area (Å²) in [7, 11) is 0. The highest BCUT2D eigenvalue weighted by atomic mass is 16.5. The molecule has 1 aromatic heterocycles. The number of phenolic OH excluding ortho intramolecular Hbond substituents is 1. The Balaban J connectivity index is 1.63. The van der Waals surface area contributed by atoms with Gasteiger partial charge in [-0.2, -0.15) is 5.10 Å². The molecule has 0 atom stereocenters. The van der Waals surface area contributed by atoms with E-state index in [4.69, 9.17) is 4.74 Å². The highest BCUT2D eigenvalue weighted by molar-refractivity contribution is 6.18. The molecule has 5 heteroatoms. The minimum Gasteiger partial charge on any atom is -0.507 e. The van der Waals surface area contributed by atoms with E-state index in [1.54, 1.807) is 12.1 Å². The van der Waals surface area contributed by atoms with Crippen LogP contribution in [0.4, 0.5) is 0 Å². The topological polar surface area (TPSA) is 75.2 Å². The van der Waals surface area contributed by atoms with Crippen LogP contribution < -0.4 is 4.74 Å². The number of nitrogens with zero attached hydrogens (tertiary/aromatic N) is 1. The maximum Gasteiger partial charge on any atom is 0.204 e. The van der Waals surface area contributed by atoms with Crippen molar-refractivity contribution >= 4 is 5.78 Å². The lowest BCUT2D eigenvalue weighted by Gasteiger charge is -2.14. The van der Waals surface area contributed by atoms with E-state index in [9.17, 15) is 9.90 Å². The largest absolute Gasteiger partial charge is 0.507 e. The van der Waals surface area contributed by atoms with Crippen molar-refractivity contribution in [3.05, 3.63) is 125 Å². The first-order valence-corrected chi connectivity index (χ1v) is 11.8. The van der Waals surface area contributed by atoms with Gasteiger partial charge in [-0.1, -0.05) is 96.1 Å². The van der Waals surface area contributed by atoms with E-state index < -0.39 is 0 Å². The SMILES string of the molecule is Cc1ccc(-c2n[nH]c(-c3ccc(C)cc3)c2C(=O)c2c(O)cccc2OCc2ccccc2)cc1. The summed E-state index contributed by atoms with van der Waals surface area (Å²) in [5.41, 5.74) is 6.42. The number of benzene rings is 4. The van der Waals surface area contributed by atoms with Crippen molar-refractivity contribution in [2.75, 3.05) is 0 Å². The van der Waals surface area contributed by atoms with E-state index in [-0.39, 0.29) is 23.7 Å². The van der Waals surface area contributed by atoms with Gasteiger partial charge in [0.2, 0.25) is 5.78 Å². The summed E-state index contributed by atoms with van der Waals surface area (Å²) in [6.45, 7) is 4.29. The second kappa shape index (κ2) is 9.92. The van der Waals surface area contributed by atoms with Crippen LogP contribution in [0.5, 0.6) is 11.5 Å². The summed E-state index contributed by atoms with van der Waals surface area (Å²) in [6, 6.07) is 30.3. The minimum atomic E-state index is -0.365. The van der Waals surface area contributed by atoms with Gasteiger partial charge in [-0.15, -0.1) is 0 Å². The fourth-order valence-electron chi connectivity index (χ4n) is 4.14. The molecule has 0 unspecified atom stereocenters. The minimum absolute atomic E-state index is 0.108. The number of ether oxygens (including phenoxy) is 1. The van der Waals surface area contributed by atoms with E-state index >= 15 is 0 Å². The van der Waals surface area contributed by atoms with Crippen LogP contribution >= 0.6 is 0 Å². The normalized spacial score (nSPS) is 10.8. The maximum atomic E-state index is 14.2. The third-order valence-electron chi connectivity index (χ3n) is 6.13. The molecule has 5 nitrogen and oxygen atoms in total. The molecule has 0 bridgehead atoms. The quantitative estimate of drug-likeness (QED) is 0.252. The third-order valence-corrected chi connectivity index (χ3v) is 6.13. The summed E-state index contributed by atoms with van der Waals surface area (Å²) >= 11 is 0. The number of ketones is 1. The Morgan fingerprint density at radius 2 is 1.42 bits per heavy atom. The Bertz CT molecular complexity index is 1440. The molecular weight excluding hydrogens is 448 g/mol. The molecule has 0 saturated heterocycles. The number of carbonyl (C=O) groups excluding carboxylic acids is 1. The molecule has 1 heterocycles. The predicted molar refractivity (Wildman–Crippen MR) is 141 cm³/mol. The van der Waals surface area contributed by atoms with Gasteiger partial charge in [-0.3, -0.25) is 9.89 Å². The van der Waals surface area contributed by atoms with Crippen LogP contribution in [0.1, 0.15) is 32.6 Å². The van der Waals surface area contributed by atoms with E-state index in [0.29, 0.717) is 22.7 Å². The molecule has 4 aromatic carbocycles. The highest BCUT2D eigenvalue weighted by Gasteiger charge is 2.28. The summed E-state index contributed by atoms with van der Waals surface area (Å²) in [6.07, 6.45) is 0. The Morgan fingerprint density at radius 1 is 0.778 bits per heavy atom. The van der Waals surface area contributed by atoms with Crippen LogP contribution in [0, 0.1) is 13.8 Å². The second-order valence-corrected chi connectivity index (χ2v) is 8.81. The van der Waals surface area contributed by atoms with Crippen molar-refractivity contribution in [2.24, 2.45) is 0 Å². The third kappa shape index (κ3) is 4.64. The number of aryl methyl sites for hydroxylation is 2. The molecule has 0 fully saturated rings. The number of aromatic nitrogens is 2. The molecule has 5 rings (SSSR count). The first kappa shape index (κ1) is 23.1. The van der Waals surface area contributed by atoms with Crippen LogP contribution in [0.15, 0.2) is 97.1 Å². The molecule has 178 valence electrons. The molecule has 0 saturated carbocycles. The molecule has 0 amide bonds. The van der Waals surface area contributed by atoms with Gasteiger partial charge in [-0.25, -0.2) is 0 Å². The molecule has 0 aliphatic heterocycles. The summed E-state index contributed by atoms with van der Waals surface area (Å²) in [5.74, 6) is -0.192. The maximum absolute atomic E-state index is 14.2. The van der Waals surface area contributed by atoms with Gasteiger partial charge in [0.1, 0.15) is 29.4 Å². The Kier molecular flexibility index (Phi) is 6.37. The van der Waals surface area contributed by atoms with E-state index in [0.717, 1.165) is 27.8 Å². The number of aromatic amines is 1. The average molecular weight is 475 g/mol. The molecule has 5 aromatic rings. The summed E-state index contributed by atoms with van der Waals surface area (Å²) in [4.78, 5) is 14.2. The van der Waals surface area contributed by atoms with Crippen molar-refractivity contribution in [3.8, 4) is 34.0 Å². The van der Waals surface area contributed by atoms with Crippen molar-refractivity contribution in [1.82, 2.24) is 10.2 Å². The fraction of sp³-hybridized carbons (Fsp3) is 0.0968. The smallest absolute Gasteiger partial charge is 0.204 e. The number of phenols is 1. The number of hydrogen-bond acceptors (Lipinski definition) is 4. The van der Waals surface area contributed by atoms with Crippen molar-refractivity contribution in [2.45, 2.75) is 20.5 Å². The summed E-state index contributed by atoms with van der Waals surface area (Å²) < 4.78 is 6.03. The zero-order valence-electron chi connectivity index (χ0n) is 20.2. The van der Waals surface area contributed by atoms with Gasteiger partial charge in [-0.05, 0) is 31.5 Å². The lowest BCUT2D eigenvalue weighted by molar-refractivity contribution is 0.103. The standard InChI is InChI=1S/C31H26N2O3/c1-20-11-15-23(16-12-20)29-28(30(33-32-29)24-17-13-21(2)14-18-24)31(35)27-25(34)9-6-10-26(27)36-19-22-7-4-3-5-8-22/h3-18,34H,19H2,1-2H3,(H,32,33). The lowest BCUT2D eigenvalue weighted by Crippen LogP contribution is -2.08. The zero-order chi connectivity index (χ0) is 25.1. The second-order valence-electron chi connectivity index (χ2n) is 8.81. The molecule has 0 aliphatic carbocycles. The number of H-pyrrole nitrogens is 1. The zero-order valence-corrected chi connectivity index (χ0v) is 20.2. The van der Waals surface area contributed by atoms with Crippen LogP contribution in [0.25, 0.3) is 22.5 Å². The van der Waals surface area contributed by atoms with E-state index in [1.807, 2.05) is 92.7 Å². The molecule has 2 N–H and O–H groups in total. The number of aromatic hydroxyl groups is 1. The monoisotopic (exact) mass is 474 g/mol. The molecule has 0 spiro atoms. The van der Waals surface area contributed by atoms with Crippen LogP contribution in [0.2, 0.25) is 0 Å². The van der Waals surface area contributed by atoms with Crippen LogP contribution in [0.3, 0.4) is 0 Å². The fourth-order valence-corrected chi connectivity index (χ4v) is 4.14. The number of carbonyl (C=O) groups is 1. The Labute approximate surface area is 210 Å². The summed E-state index contributed by atoms with van der Waals surface area (Å²) in [5, 5.41) is 18.4. The van der Waals surface area contributed by atoms with Gasteiger partial charge in [0.05, 0.1) is 11.3 Å². The predicted octanol–water partition coefficient (Wildman–Crippen LogP) is 6.88. The molecule has 0 radical (unpaired) electrons. The van der Waals surface area contributed by atoms with Crippen LogP contribution in [-0.4, -0.2) is 21.1 Å². The first-order valence-electron chi connectivity index (χ1n) is 11.8. The van der Waals surface area contributed by atoms with E-state index in [2.05, 4.69) is 10.2 Å². The van der Waals surface area contributed by atoms with Gasteiger partial charge in [0.25, 0.3) is 0 Å². The molecule has 36 heavy (non-hydrogen) atoms. The van der Waals surface area contributed by atoms with Crippen molar-refractivity contribution in [1.29, 1.82) is 0 Å². The van der Waals surface area contributed by atoms with Gasteiger partial charge in [0.15, 0.2) is 0 Å². The molecular formula is C31H26N2O3. The average Bonchev–Trinajstić information content (AvgIpc) is 3.34. The lowest BCUT2D eigenvalue weighted by atomic mass is 9.93. The van der Waals surface area contributed by atoms with Crippen molar-refractivity contribution < 1.29 is 14.6 Å².